The number of fused-ring (bicyclic) bond motifs is 3. The van der Waals surface area contributed by atoms with E-state index < -0.39 is 5.54 Å². The monoisotopic (exact) mass is 447 g/mol. The molecule has 1 atom stereocenters. The van der Waals surface area contributed by atoms with E-state index in [0.29, 0.717) is 17.8 Å². The maximum absolute atomic E-state index is 14.0. The van der Waals surface area contributed by atoms with Crippen molar-refractivity contribution in [1.82, 2.24) is 9.88 Å². The van der Waals surface area contributed by atoms with Crippen molar-refractivity contribution in [1.29, 1.82) is 0 Å². The first-order chi connectivity index (χ1) is 15.8. The molecule has 3 aromatic rings. The fourth-order valence-electron chi connectivity index (χ4n) is 5.52. The highest BCUT2D eigenvalue weighted by Gasteiger charge is 2.49. The highest BCUT2D eigenvalue weighted by molar-refractivity contribution is 6.14. The topological polar surface area (TPSA) is 67.5 Å². The van der Waals surface area contributed by atoms with Gasteiger partial charge in [0, 0.05) is 23.9 Å². The van der Waals surface area contributed by atoms with Crippen molar-refractivity contribution in [3.05, 3.63) is 52.9 Å². The zero-order valence-corrected chi connectivity index (χ0v) is 20.0. The molecular weight excluding hydrogens is 414 g/mol. The number of furan rings is 1. The Labute approximate surface area is 194 Å². The lowest BCUT2D eigenvalue weighted by atomic mass is 9.91. The highest BCUT2D eigenvalue weighted by atomic mass is 16.3. The van der Waals surface area contributed by atoms with E-state index in [1.165, 1.54) is 12.8 Å². The number of rotatable bonds is 3. The van der Waals surface area contributed by atoms with Gasteiger partial charge in [-0.1, -0.05) is 37.8 Å². The molecule has 2 aromatic heterocycles. The lowest BCUT2D eigenvalue weighted by Gasteiger charge is -2.45. The third-order valence-corrected chi connectivity index (χ3v) is 7.59. The summed E-state index contributed by atoms with van der Waals surface area (Å²) < 4.78 is 7.79. The van der Waals surface area contributed by atoms with Crippen molar-refractivity contribution in [2.24, 2.45) is 0 Å². The number of hydrogen-bond donors (Lipinski definition) is 1. The van der Waals surface area contributed by atoms with Gasteiger partial charge in [0.2, 0.25) is 5.91 Å². The Bertz CT molecular complexity index is 1230. The van der Waals surface area contributed by atoms with Gasteiger partial charge in [-0.25, -0.2) is 0 Å². The number of amides is 2. The quantitative estimate of drug-likeness (QED) is 0.545. The standard InChI is InChI=1S/C27H33N3O3/c1-17-10-9-13-21(19(17)3)30-25(31)23-15-24-22(14-18(2)33-24)29(23)16-27(30,4)26(32)28-20-11-7-5-6-8-12-20/h9-10,13-15,20H,5-8,11-12,16H2,1-4H3,(H,28,32)/t27-/m1/s1. The molecule has 1 aliphatic carbocycles. The second kappa shape index (κ2) is 8.08. The number of benzene rings is 1. The molecule has 1 fully saturated rings. The van der Waals surface area contributed by atoms with Gasteiger partial charge in [-0.3, -0.25) is 14.5 Å². The van der Waals surface area contributed by atoms with Crippen molar-refractivity contribution in [2.45, 2.75) is 84.3 Å². The van der Waals surface area contributed by atoms with Crippen molar-refractivity contribution < 1.29 is 14.0 Å². The molecular formula is C27H33N3O3. The van der Waals surface area contributed by atoms with Crippen LogP contribution in [0.3, 0.4) is 0 Å². The number of carbonyl (C=O) groups excluding carboxylic acids is 2. The molecule has 2 aliphatic rings. The molecule has 0 spiro atoms. The van der Waals surface area contributed by atoms with E-state index in [1.807, 2.05) is 62.6 Å². The van der Waals surface area contributed by atoms with Gasteiger partial charge < -0.3 is 14.3 Å². The van der Waals surface area contributed by atoms with Crippen LogP contribution in [0.2, 0.25) is 0 Å². The van der Waals surface area contributed by atoms with E-state index >= 15 is 0 Å². The van der Waals surface area contributed by atoms with Crippen LogP contribution < -0.4 is 10.2 Å². The molecule has 1 aromatic carbocycles. The molecule has 5 rings (SSSR count). The van der Waals surface area contributed by atoms with Crippen LogP contribution in [0.1, 0.15) is 72.8 Å². The van der Waals surface area contributed by atoms with Gasteiger partial charge in [-0.15, -0.1) is 0 Å². The van der Waals surface area contributed by atoms with Gasteiger partial charge in [-0.2, -0.15) is 0 Å². The van der Waals surface area contributed by atoms with E-state index in [1.54, 1.807) is 4.90 Å². The molecule has 0 unspecified atom stereocenters. The molecule has 0 saturated heterocycles. The van der Waals surface area contributed by atoms with Crippen LogP contribution in [-0.2, 0) is 11.3 Å². The number of aromatic nitrogens is 1. The first-order valence-corrected chi connectivity index (χ1v) is 12.1. The summed E-state index contributed by atoms with van der Waals surface area (Å²) in [6.45, 7) is 8.24. The summed E-state index contributed by atoms with van der Waals surface area (Å²) >= 11 is 0. The van der Waals surface area contributed by atoms with E-state index in [0.717, 1.165) is 53.8 Å². The fourth-order valence-corrected chi connectivity index (χ4v) is 5.52. The summed E-state index contributed by atoms with van der Waals surface area (Å²) in [5.41, 5.74) is 3.95. The first-order valence-electron chi connectivity index (χ1n) is 12.1. The van der Waals surface area contributed by atoms with Gasteiger partial charge in [-0.05, 0) is 57.7 Å². The highest BCUT2D eigenvalue weighted by Crippen LogP contribution is 2.38. The Morgan fingerprint density at radius 2 is 1.82 bits per heavy atom. The van der Waals surface area contributed by atoms with E-state index in [2.05, 4.69) is 5.32 Å². The average molecular weight is 448 g/mol. The van der Waals surface area contributed by atoms with Gasteiger partial charge in [0.25, 0.3) is 5.91 Å². The number of hydrogen-bond acceptors (Lipinski definition) is 3. The third kappa shape index (κ3) is 3.56. The maximum atomic E-state index is 14.0. The predicted molar refractivity (Wildman–Crippen MR) is 130 cm³/mol. The molecule has 1 saturated carbocycles. The molecule has 33 heavy (non-hydrogen) atoms. The fraction of sp³-hybridized carbons (Fsp3) is 0.481. The minimum absolute atomic E-state index is 0.0867. The SMILES string of the molecule is Cc1cc2c(cc3n2C[C@](C)(C(=O)NC2CCCCCC2)N(c2cccc(C)c2C)C3=O)o1. The zero-order chi connectivity index (χ0) is 23.3. The molecule has 174 valence electrons. The van der Waals surface area contributed by atoms with Gasteiger partial charge >= 0.3 is 0 Å². The van der Waals surface area contributed by atoms with Crippen LogP contribution >= 0.6 is 0 Å². The molecule has 0 bridgehead atoms. The molecule has 2 amide bonds. The van der Waals surface area contributed by atoms with Crippen molar-refractivity contribution in [3.63, 3.8) is 0 Å². The first kappa shape index (κ1) is 21.8. The zero-order valence-electron chi connectivity index (χ0n) is 20.0. The van der Waals surface area contributed by atoms with Crippen LogP contribution in [-0.4, -0.2) is 28.0 Å². The maximum Gasteiger partial charge on any atom is 0.276 e. The van der Waals surface area contributed by atoms with E-state index in [9.17, 15) is 9.59 Å². The largest absolute Gasteiger partial charge is 0.460 e. The predicted octanol–water partition coefficient (Wildman–Crippen LogP) is 5.42. The minimum Gasteiger partial charge on any atom is -0.460 e. The van der Waals surface area contributed by atoms with Gasteiger partial charge in [0.05, 0.1) is 12.1 Å². The van der Waals surface area contributed by atoms with Crippen molar-refractivity contribution >= 4 is 28.6 Å². The number of nitrogens with one attached hydrogen (secondary N) is 1. The second-order valence-electron chi connectivity index (χ2n) is 10.0. The number of carbonyl (C=O) groups is 2. The molecule has 1 aliphatic heterocycles. The summed E-state index contributed by atoms with van der Waals surface area (Å²) in [5, 5.41) is 3.33. The van der Waals surface area contributed by atoms with E-state index in [-0.39, 0.29) is 17.9 Å². The lowest BCUT2D eigenvalue weighted by molar-refractivity contribution is -0.127. The number of aryl methyl sites for hydroxylation is 2. The molecule has 3 heterocycles. The van der Waals surface area contributed by atoms with Crippen LogP contribution in [0.4, 0.5) is 5.69 Å². The number of anilines is 1. The molecule has 6 heteroatoms. The lowest BCUT2D eigenvalue weighted by Crippen LogP contribution is -2.65. The Balaban J connectivity index is 1.62. The summed E-state index contributed by atoms with van der Waals surface area (Å²) in [7, 11) is 0. The smallest absolute Gasteiger partial charge is 0.276 e. The average Bonchev–Trinajstić information content (AvgIpc) is 3.16. The molecule has 0 radical (unpaired) electrons. The summed E-state index contributed by atoms with van der Waals surface area (Å²) in [6.07, 6.45) is 6.72. The van der Waals surface area contributed by atoms with Crippen molar-refractivity contribution in [3.8, 4) is 0 Å². The van der Waals surface area contributed by atoms with Crippen LogP contribution in [0.15, 0.2) is 34.7 Å². The Morgan fingerprint density at radius 3 is 2.55 bits per heavy atom. The van der Waals surface area contributed by atoms with Crippen LogP contribution in [0.5, 0.6) is 0 Å². The Morgan fingerprint density at radius 1 is 1.09 bits per heavy atom. The van der Waals surface area contributed by atoms with Gasteiger partial charge in [0.15, 0.2) is 5.58 Å². The van der Waals surface area contributed by atoms with Crippen molar-refractivity contribution in [2.75, 3.05) is 4.90 Å². The Hall–Kier alpha value is -3.02. The summed E-state index contributed by atoms with van der Waals surface area (Å²) in [5.74, 6) is 0.540. The molecule has 6 nitrogen and oxygen atoms in total. The summed E-state index contributed by atoms with van der Waals surface area (Å²) in [4.78, 5) is 29.7. The normalized spacial score (nSPS) is 21.8. The Kier molecular flexibility index (Phi) is 5.34. The molecule has 1 N–H and O–H groups in total. The van der Waals surface area contributed by atoms with E-state index in [4.69, 9.17) is 4.42 Å². The third-order valence-electron chi connectivity index (χ3n) is 7.59. The minimum atomic E-state index is -1.06. The van der Waals surface area contributed by atoms with Crippen LogP contribution in [0, 0.1) is 20.8 Å². The number of nitrogens with zero attached hydrogens (tertiary/aromatic N) is 2. The van der Waals surface area contributed by atoms with Crippen LogP contribution in [0.25, 0.3) is 11.1 Å². The second-order valence-corrected chi connectivity index (χ2v) is 10.0. The summed E-state index contributed by atoms with van der Waals surface area (Å²) in [6, 6.07) is 9.86. The van der Waals surface area contributed by atoms with Gasteiger partial charge in [0.1, 0.15) is 17.0 Å².